The van der Waals surface area contributed by atoms with Crippen molar-refractivity contribution >= 4 is 35.5 Å². The minimum atomic E-state index is -3.90. The summed E-state index contributed by atoms with van der Waals surface area (Å²) in [4.78, 5) is 14.0. The fourth-order valence-corrected chi connectivity index (χ4v) is 6.77. The second-order valence-electron chi connectivity index (χ2n) is 4.74. The molecule has 0 aliphatic heterocycles. The van der Waals surface area contributed by atoms with E-state index in [0.717, 1.165) is 18.1 Å². The Kier molecular flexibility index (Phi) is 5.54. The molecule has 0 spiro atoms. The summed E-state index contributed by atoms with van der Waals surface area (Å²) >= 11 is 3.04. The Labute approximate surface area is 125 Å². The summed E-state index contributed by atoms with van der Waals surface area (Å²) in [6.45, 7) is 5.85. The molecule has 1 rings (SSSR count). The zero-order valence-electron chi connectivity index (χ0n) is 11.6. The van der Waals surface area contributed by atoms with Crippen molar-refractivity contribution in [3.05, 3.63) is 22.2 Å². The lowest BCUT2D eigenvalue weighted by atomic mass is 10.2. The van der Waals surface area contributed by atoms with Crippen LogP contribution in [0, 0.1) is 5.82 Å². The van der Waals surface area contributed by atoms with Crippen molar-refractivity contribution < 1.29 is 18.0 Å². The number of alkyl halides is 2. The van der Waals surface area contributed by atoms with Crippen LogP contribution < -0.4 is 5.19 Å². The molecule has 7 heteroatoms. The quantitative estimate of drug-likeness (QED) is 0.432. The van der Waals surface area contributed by atoms with Gasteiger partial charge in [-0.05, 0) is 27.2 Å². The first-order valence-corrected chi connectivity index (χ1v) is 9.90. The monoisotopic (exact) mass is 367 g/mol. The molecule has 0 fully saturated rings. The van der Waals surface area contributed by atoms with Crippen LogP contribution in [0.3, 0.4) is 0 Å². The molecular formula is C13H17BrF3NOSi. The highest BCUT2D eigenvalue weighted by atomic mass is 79.9. The van der Waals surface area contributed by atoms with Crippen LogP contribution in [0.1, 0.15) is 26.5 Å². The Morgan fingerprint density at radius 1 is 1.30 bits per heavy atom. The van der Waals surface area contributed by atoms with E-state index in [1.165, 1.54) is 6.07 Å². The largest absolute Gasteiger partial charge is 0.346 e. The van der Waals surface area contributed by atoms with Crippen LogP contribution in [0.15, 0.2) is 10.7 Å². The topological polar surface area (TPSA) is 30.0 Å². The number of carbonyl (C=O) groups excluding carboxylic acids is 1. The van der Waals surface area contributed by atoms with Gasteiger partial charge in [0.1, 0.15) is 4.60 Å². The summed E-state index contributed by atoms with van der Waals surface area (Å²) in [5.41, 5.74) is -1.08. The van der Waals surface area contributed by atoms with Gasteiger partial charge in [-0.3, -0.25) is 4.79 Å². The van der Waals surface area contributed by atoms with Gasteiger partial charge >= 0.3 is 5.92 Å². The summed E-state index contributed by atoms with van der Waals surface area (Å²) in [5, 5.41) is 0.323. The van der Waals surface area contributed by atoms with Gasteiger partial charge in [-0.2, -0.15) is 8.78 Å². The number of carbonyl (C=O) groups is 1. The van der Waals surface area contributed by atoms with E-state index in [2.05, 4.69) is 20.9 Å². The van der Waals surface area contributed by atoms with Gasteiger partial charge in [0.2, 0.25) is 0 Å². The molecule has 0 N–H and O–H groups in total. The number of rotatable bonds is 6. The van der Waals surface area contributed by atoms with Crippen LogP contribution in [0.2, 0.25) is 18.1 Å². The minimum absolute atomic E-state index is 0.137. The van der Waals surface area contributed by atoms with Crippen LogP contribution in [0.25, 0.3) is 0 Å². The van der Waals surface area contributed by atoms with Crippen molar-refractivity contribution in [2.24, 2.45) is 0 Å². The number of pyridine rings is 1. The van der Waals surface area contributed by atoms with E-state index in [1.807, 2.05) is 20.8 Å². The van der Waals surface area contributed by atoms with Crippen molar-refractivity contribution in [2.75, 3.05) is 0 Å². The van der Waals surface area contributed by atoms with E-state index < -0.39 is 31.8 Å². The molecule has 0 saturated heterocycles. The van der Waals surface area contributed by atoms with Crippen LogP contribution in [0.5, 0.6) is 0 Å². The van der Waals surface area contributed by atoms with Gasteiger partial charge in [-0.1, -0.05) is 38.9 Å². The van der Waals surface area contributed by atoms with Crippen LogP contribution >= 0.6 is 15.9 Å². The second kappa shape index (κ2) is 6.38. The molecule has 1 heterocycles. The van der Waals surface area contributed by atoms with E-state index in [4.69, 9.17) is 0 Å². The Morgan fingerprint density at radius 2 is 1.80 bits per heavy atom. The van der Waals surface area contributed by atoms with Crippen molar-refractivity contribution in [2.45, 2.75) is 44.8 Å². The summed E-state index contributed by atoms with van der Waals surface area (Å²) < 4.78 is 41.7. The molecule has 0 radical (unpaired) electrons. The Hall–Kier alpha value is -0.693. The molecule has 1 aromatic heterocycles. The van der Waals surface area contributed by atoms with Gasteiger partial charge in [-0.15, -0.1) is 0 Å². The second-order valence-corrected chi connectivity index (χ2v) is 10.8. The van der Waals surface area contributed by atoms with Gasteiger partial charge in [0.15, 0.2) is 17.8 Å². The van der Waals surface area contributed by atoms with Gasteiger partial charge in [0, 0.05) is 0 Å². The first-order chi connectivity index (χ1) is 9.27. The molecule has 0 amide bonds. The summed E-state index contributed by atoms with van der Waals surface area (Å²) in [5.74, 6) is -4.93. The highest BCUT2D eigenvalue weighted by Gasteiger charge is 2.41. The molecule has 20 heavy (non-hydrogen) atoms. The molecule has 0 aliphatic carbocycles. The van der Waals surface area contributed by atoms with Gasteiger partial charge < -0.3 is 0 Å². The molecule has 0 aromatic carbocycles. The normalized spacial score (nSPS) is 12.6. The van der Waals surface area contributed by atoms with Crippen molar-refractivity contribution in [3.8, 4) is 0 Å². The van der Waals surface area contributed by atoms with E-state index >= 15 is 0 Å². The number of halogens is 4. The SMILES string of the molecule is CC[Si](CC)(CC)c1cc(Br)nc(C(F)(F)C=O)c1F. The van der Waals surface area contributed by atoms with E-state index in [-0.39, 0.29) is 4.60 Å². The van der Waals surface area contributed by atoms with Gasteiger partial charge in [-0.25, -0.2) is 9.37 Å². The van der Waals surface area contributed by atoms with E-state index in [9.17, 15) is 18.0 Å². The maximum Gasteiger partial charge on any atom is 0.346 e. The maximum atomic E-state index is 14.5. The van der Waals surface area contributed by atoms with Crippen molar-refractivity contribution in [3.63, 3.8) is 0 Å². The lowest BCUT2D eigenvalue weighted by Crippen LogP contribution is -2.48. The third-order valence-electron chi connectivity index (χ3n) is 3.99. The molecule has 0 atom stereocenters. The number of aromatic nitrogens is 1. The molecule has 0 bridgehead atoms. The average Bonchev–Trinajstić information content (AvgIpc) is 2.44. The Bertz CT molecular complexity index is 498. The minimum Gasteiger partial charge on any atom is -0.296 e. The number of hydrogen-bond donors (Lipinski definition) is 0. The van der Waals surface area contributed by atoms with E-state index in [0.29, 0.717) is 5.19 Å². The number of hydrogen-bond acceptors (Lipinski definition) is 2. The maximum absolute atomic E-state index is 14.5. The molecule has 2 nitrogen and oxygen atoms in total. The van der Waals surface area contributed by atoms with Gasteiger partial charge in [0.05, 0.1) is 8.07 Å². The third-order valence-corrected chi connectivity index (χ3v) is 9.97. The molecule has 1 aromatic rings. The first kappa shape index (κ1) is 17.4. The predicted molar refractivity (Wildman–Crippen MR) is 78.7 cm³/mol. The smallest absolute Gasteiger partial charge is 0.296 e. The zero-order valence-corrected chi connectivity index (χ0v) is 14.2. The van der Waals surface area contributed by atoms with E-state index in [1.54, 1.807) is 0 Å². The highest BCUT2D eigenvalue weighted by Crippen LogP contribution is 2.30. The molecular weight excluding hydrogens is 351 g/mol. The van der Waals surface area contributed by atoms with Crippen molar-refractivity contribution in [1.82, 2.24) is 4.98 Å². The lowest BCUT2D eigenvalue weighted by Gasteiger charge is -2.30. The summed E-state index contributed by atoms with van der Waals surface area (Å²) in [6.07, 6.45) is -0.568. The molecule has 112 valence electrons. The predicted octanol–water partition coefficient (Wildman–Crippen LogP) is 3.99. The molecule has 0 saturated carbocycles. The lowest BCUT2D eigenvalue weighted by molar-refractivity contribution is -0.131. The zero-order chi connectivity index (χ0) is 15.6. The standard InChI is InChI=1S/C13H17BrF3NOSi/c1-4-20(5-2,6-3)9-7-10(14)18-12(11(9)15)13(16,17)8-19/h7-8H,4-6H2,1-3H3. The van der Waals surface area contributed by atoms with Crippen LogP contribution in [0.4, 0.5) is 13.2 Å². The fraction of sp³-hybridized carbons (Fsp3) is 0.538. The highest BCUT2D eigenvalue weighted by molar-refractivity contribution is 9.10. The molecule has 0 aliphatic rings. The number of aldehydes is 1. The first-order valence-electron chi connectivity index (χ1n) is 6.49. The van der Waals surface area contributed by atoms with Crippen LogP contribution in [-0.4, -0.2) is 19.3 Å². The summed E-state index contributed by atoms with van der Waals surface area (Å²) in [6, 6.07) is 3.74. The fourth-order valence-electron chi connectivity index (χ4n) is 2.48. The summed E-state index contributed by atoms with van der Waals surface area (Å²) in [7, 11) is -2.19. The Morgan fingerprint density at radius 3 is 2.20 bits per heavy atom. The van der Waals surface area contributed by atoms with Crippen molar-refractivity contribution in [1.29, 1.82) is 0 Å². The molecule has 0 unspecified atom stereocenters. The average molecular weight is 368 g/mol. The number of nitrogens with zero attached hydrogens (tertiary/aromatic N) is 1. The van der Waals surface area contributed by atoms with Crippen LogP contribution in [-0.2, 0) is 10.7 Å². The third kappa shape index (κ3) is 2.98. The Balaban J connectivity index is 3.62. The van der Waals surface area contributed by atoms with Gasteiger partial charge in [0.25, 0.3) is 0 Å².